The van der Waals surface area contributed by atoms with Gasteiger partial charge in [-0.15, -0.1) is 0 Å². The molecule has 4 atom stereocenters. The van der Waals surface area contributed by atoms with E-state index in [1.807, 2.05) is 0 Å². The quantitative estimate of drug-likeness (QED) is 0.318. The van der Waals surface area contributed by atoms with Gasteiger partial charge in [0, 0.05) is 17.7 Å². The topological polar surface area (TPSA) is 179 Å². The highest BCUT2D eigenvalue weighted by molar-refractivity contribution is 5.88. The van der Waals surface area contributed by atoms with Crippen molar-refractivity contribution in [1.29, 1.82) is 0 Å². The van der Waals surface area contributed by atoms with Gasteiger partial charge in [0.15, 0.2) is 17.3 Å². The zero-order valence-electron chi connectivity index (χ0n) is 16.6. The first-order chi connectivity index (χ1) is 15.2. The smallest absolute Gasteiger partial charge is 0.239 e. The minimum Gasteiger partial charge on any atom is -0.508 e. The SMILES string of the molecule is COc1cc(-c2oc3cc(O)cc(O)c3c(=O)c2O[C@@H]2O[C@@H](CO)[C@@H](O)[C@@H]2O)ccc1O. The van der Waals surface area contributed by atoms with E-state index in [9.17, 15) is 35.4 Å². The van der Waals surface area contributed by atoms with Gasteiger partial charge in [0.25, 0.3) is 0 Å². The molecule has 3 aromatic rings. The number of phenolic OH excluding ortho intramolecular Hbond substituents is 3. The normalized spacial score (nSPS) is 22.9. The Balaban J connectivity index is 1.93. The number of benzene rings is 2. The first-order valence-electron chi connectivity index (χ1n) is 9.44. The largest absolute Gasteiger partial charge is 0.508 e. The minimum atomic E-state index is -1.60. The van der Waals surface area contributed by atoms with E-state index in [1.54, 1.807) is 0 Å². The Morgan fingerprint density at radius 2 is 1.78 bits per heavy atom. The Morgan fingerprint density at radius 3 is 2.44 bits per heavy atom. The number of ether oxygens (including phenoxy) is 3. The van der Waals surface area contributed by atoms with E-state index in [1.165, 1.54) is 25.3 Å². The third-order valence-corrected chi connectivity index (χ3v) is 5.09. The summed E-state index contributed by atoms with van der Waals surface area (Å²) >= 11 is 0. The van der Waals surface area contributed by atoms with Crippen molar-refractivity contribution in [2.75, 3.05) is 13.7 Å². The number of rotatable bonds is 5. The van der Waals surface area contributed by atoms with E-state index in [4.69, 9.17) is 18.6 Å². The third kappa shape index (κ3) is 3.56. The lowest BCUT2D eigenvalue weighted by Crippen LogP contribution is -2.36. The van der Waals surface area contributed by atoms with Crippen LogP contribution in [0.2, 0.25) is 0 Å². The molecule has 0 amide bonds. The molecule has 32 heavy (non-hydrogen) atoms. The van der Waals surface area contributed by atoms with Crippen LogP contribution < -0.4 is 14.9 Å². The van der Waals surface area contributed by atoms with E-state index >= 15 is 0 Å². The average Bonchev–Trinajstić information content (AvgIpc) is 3.03. The minimum absolute atomic E-state index is 0.0582. The zero-order valence-corrected chi connectivity index (χ0v) is 16.6. The summed E-state index contributed by atoms with van der Waals surface area (Å²) in [4.78, 5) is 13.2. The molecule has 6 N–H and O–H groups in total. The van der Waals surface area contributed by atoms with Crippen molar-refractivity contribution in [3.63, 3.8) is 0 Å². The Morgan fingerprint density at radius 1 is 1.03 bits per heavy atom. The van der Waals surface area contributed by atoms with Gasteiger partial charge >= 0.3 is 0 Å². The molecule has 0 bridgehead atoms. The molecule has 1 aliphatic rings. The van der Waals surface area contributed by atoms with Crippen LogP contribution in [0, 0.1) is 0 Å². The fourth-order valence-electron chi connectivity index (χ4n) is 3.46. The van der Waals surface area contributed by atoms with E-state index in [-0.39, 0.29) is 39.5 Å². The predicted molar refractivity (Wildman–Crippen MR) is 108 cm³/mol. The van der Waals surface area contributed by atoms with Crippen molar-refractivity contribution in [3.05, 3.63) is 40.6 Å². The van der Waals surface area contributed by atoms with Crippen molar-refractivity contribution < 1.29 is 49.3 Å². The number of aliphatic hydroxyl groups excluding tert-OH is 3. The van der Waals surface area contributed by atoms with Gasteiger partial charge in [0.05, 0.1) is 13.7 Å². The lowest BCUT2D eigenvalue weighted by Gasteiger charge is -2.19. The van der Waals surface area contributed by atoms with Crippen LogP contribution >= 0.6 is 0 Å². The number of hydrogen-bond donors (Lipinski definition) is 6. The maximum absolute atomic E-state index is 13.2. The van der Waals surface area contributed by atoms with Crippen LogP contribution in [0.4, 0.5) is 0 Å². The second-order valence-electron chi connectivity index (χ2n) is 7.14. The van der Waals surface area contributed by atoms with Gasteiger partial charge in [0.2, 0.25) is 17.5 Å². The maximum atomic E-state index is 13.2. The number of hydrogen-bond acceptors (Lipinski definition) is 11. The molecule has 0 unspecified atom stereocenters. The molecule has 1 saturated heterocycles. The highest BCUT2D eigenvalue weighted by Crippen LogP contribution is 2.39. The number of fused-ring (bicyclic) bond motifs is 1. The highest BCUT2D eigenvalue weighted by Gasteiger charge is 2.44. The number of aliphatic hydroxyl groups is 3. The summed E-state index contributed by atoms with van der Waals surface area (Å²) in [6.45, 7) is -0.605. The van der Waals surface area contributed by atoms with Crippen LogP contribution in [-0.2, 0) is 4.74 Å². The van der Waals surface area contributed by atoms with Crippen molar-refractivity contribution in [3.8, 4) is 40.1 Å². The summed E-state index contributed by atoms with van der Waals surface area (Å²) < 4.78 is 21.7. The van der Waals surface area contributed by atoms with E-state index in [0.717, 1.165) is 12.1 Å². The summed E-state index contributed by atoms with van der Waals surface area (Å²) in [7, 11) is 1.32. The fraction of sp³-hybridized carbons (Fsp3) is 0.286. The molecule has 4 rings (SSSR count). The van der Waals surface area contributed by atoms with Crippen molar-refractivity contribution >= 4 is 11.0 Å². The molecular weight excluding hydrogens is 428 g/mol. The van der Waals surface area contributed by atoms with Gasteiger partial charge in [-0.3, -0.25) is 4.79 Å². The van der Waals surface area contributed by atoms with Gasteiger partial charge in [-0.2, -0.15) is 0 Å². The molecule has 0 spiro atoms. The van der Waals surface area contributed by atoms with E-state index < -0.39 is 48.1 Å². The number of aromatic hydroxyl groups is 3. The summed E-state index contributed by atoms with van der Waals surface area (Å²) in [5.41, 5.74) is -0.810. The van der Waals surface area contributed by atoms with E-state index in [2.05, 4.69) is 0 Å². The fourth-order valence-corrected chi connectivity index (χ4v) is 3.46. The monoisotopic (exact) mass is 448 g/mol. The van der Waals surface area contributed by atoms with Crippen LogP contribution in [0.3, 0.4) is 0 Å². The summed E-state index contributed by atoms with van der Waals surface area (Å²) in [6, 6.07) is 6.10. The average molecular weight is 448 g/mol. The molecule has 1 aliphatic heterocycles. The van der Waals surface area contributed by atoms with Crippen LogP contribution in [0.5, 0.6) is 28.7 Å². The Hall–Kier alpha value is -3.51. The molecule has 11 nitrogen and oxygen atoms in total. The van der Waals surface area contributed by atoms with Gasteiger partial charge in [-0.05, 0) is 18.2 Å². The Labute approximate surface area is 179 Å². The lowest BCUT2D eigenvalue weighted by atomic mass is 10.1. The maximum Gasteiger partial charge on any atom is 0.239 e. The van der Waals surface area contributed by atoms with Crippen LogP contribution in [0.1, 0.15) is 0 Å². The summed E-state index contributed by atoms with van der Waals surface area (Å²) in [5.74, 6) is -1.73. The number of methoxy groups -OCH3 is 1. The van der Waals surface area contributed by atoms with Gasteiger partial charge < -0.3 is 49.3 Å². The molecule has 2 heterocycles. The molecule has 0 aliphatic carbocycles. The molecule has 1 fully saturated rings. The third-order valence-electron chi connectivity index (χ3n) is 5.09. The van der Waals surface area contributed by atoms with Gasteiger partial charge in [0.1, 0.15) is 40.8 Å². The van der Waals surface area contributed by atoms with Crippen molar-refractivity contribution in [2.24, 2.45) is 0 Å². The molecule has 2 aromatic carbocycles. The first-order valence-corrected chi connectivity index (χ1v) is 9.44. The second kappa shape index (κ2) is 8.20. The van der Waals surface area contributed by atoms with Crippen molar-refractivity contribution in [1.82, 2.24) is 0 Å². The van der Waals surface area contributed by atoms with Crippen LogP contribution in [0.25, 0.3) is 22.3 Å². The van der Waals surface area contributed by atoms with Crippen LogP contribution in [0.15, 0.2) is 39.5 Å². The second-order valence-corrected chi connectivity index (χ2v) is 7.14. The zero-order chi connectivity index (χ0) is 23.2. The Bertz CT molecular complexity index is 1220. The first kappa shape index (κ1) is 21.7. The van der Waals surface area contributed by atoms with Crippen LogP contribution in [-0.4, -0.2) is 69.0 Å². The van der Waals surface area contributed by atoms with Crippen molar-refractivity contribution in [2.45, 2.75) is 24.6 Å². The highest BCUT2D eigenvalue weighted by atomic mass is 16.7. The molecule has 1 aromatic heterocycles. The molecule has 0 radical (unpaired) electrons. The molecule has 170 valence electrons. The molecule has 11 heteroatoms. The number of phenols is 3. The molecule has 0 saturated carbocycles. The van der Waals surface area contributed by atoms with Gasteiger partial charge in [-0.25, -0.2) is 0 Å². The standard InChI is InChI=1S/C21H20O11/c1-29-12-4-8(2-3-10(12)24)19-20(32-21-18(28)16(26)14(7-22)31-21)17(27)15-11(25)5-9(23)6-13(15)30-19/h2-6,14,16,18,21-26,28H,7H2,1H3/t14-,16+,18-,21-/m0/s1. The lowest BCUT2D eigenvalue weighted by molar-refractivity contribution is -0.117. The van der Waals surface area contributed by atoms with E-state index in [0.29, 0.717) is 0 Å². The van der Waals surface area contributed by atoms with Gasteiger partial charge in [-0.1, -0.05) is 0 Å². The summed E-state index contributed by atoms with van der Waals surface area (Å²) in [6.07, 6.45) is -5.76. The molecular formula is C21H20O11. The Kier molecular flexibility index (Phi) is 5.57. The predicted octanol–water partition coefficient (Wildman–Crippen LogP) is 0.403. The summed E-state index contributed by atoms with van der Waals surface area (Å²) in [5, 5.41) is 59.0.